The molecule has 2 rings (SSSR count). The van der Waals surface area contributed by atoms with Crippen molar-refractivity contribution in [3.63, 3.8) is 0 Å². The van der Waals surface area contributed by atoms with E-state index in [1.54, 1.807) is 31.2 Å². The molecule has 22 heavy (non-hydrogen) atoms. The second-order valence-corrected chi connectivity index (χ2v) is 7.77. The molecule has 0 bridgehead atoms. The lowest BCUT2D eigenvalue weighted by Gasteiger charge is -2.30. The standard InChI is InChI=1S/C16H24N2O3S/c1-13(16(19)17-14-9-5-3-6-10-14)18(22(2,20)21)15-11-7-4-8-12-15/h4,7-8,11-14H,3,5-6,9-10H2,1-2H3,(H,17,19). The van der Waals surface area contributed by atoms with Gasteiger partial charge in [-0.3, -0.25) is 9.10 Å². The van der Waals surface area contributed by atoms with Crippen LogP contribution < -0.4 is 9.62 Å². The van der Waals surface area contributed by atoms with E-state index in [4.69, 9.17) is 0 Å². The second kappa shape index (κ2) is 7.13. The van der Waals surface area contributed by atoms with Crippen LogP contribution in [-0.4, -0.2) is 32.7 Å². The lowest BCUT2D eigenvalue weighted by molar-refractivity contribution is -0.122. The predicted octanol–water partition coefficient (Wildman–Crippen LogP) is 2.29. The number of amides is 1. The van der Waals surface area contributed by atoms with Gasteiger partial charge in [-0.2, -0.15) is 0 Å². The maximum Gasteiger partial charge on any atom is 0.243 e. The van der Waals surface area contributed by atoms with Gasteiger partial charge in [0.25, 0.3) is 0 Å². The monoisotopic (exact) mass is 324 g/mol. The third-order valence-electron chi connectivity index (χ3n) is 4.05. The molecule has 1 aliphatic carbocycles. The molecule has 1 fully saturated rings. The van der Waals surface area contributed by atoms with E-state index in [2.05, 4.69) is 5.32 Å². The van der Waals surface area contributed by atoms with E-state index in [-0.39, 0.29) is 11.9 Å². The molecule has 0 saturated heterocycles. The highest BCUT2D eigenvalue weighted by molar-refractivity contribution is 7.92. The number of nitrogens with zero attached hydrogens (tertiary/aromatic N) is 1. The van der Waals surface area contributed by atoms with Crippen LogP contribution in [0.3, 0.4) is 0 Å². The number of carbonyl (C=O) groups is 1. The summed E-state index contributed by atoms with van der Waals surface area (Å²) in [5, 5.41) is 3.00. The molecule has 1 aliphatic rings. The number of carbonyl (C=O) groups excluding carboxylic acids is 1. The first kappa shape index (κ1) is 16.8. The van der Waals surface area contributed by atoms with Gasteiger partial charge in [-0.15, -0.1) is 0 Å². The third-order valence-corrected chi connectivity index (χ3v) is 5.29. The Hall–Kier alpha value is -1.56. The van der Waals surface area contributed by atoms with Gasteiger partial charge >= 0.3 is 0 Å². The highest BCUT2D eigenvalue weighted by Crippen LogP contribution is 2.21. The van der Waals surface area contributed by atoms with E-state index in [0.717, 1.165) is 31.9 Å². The van der Waals surface area contributed by atoms with Gasteiger partial charge in [0.15, 0.2) is 0 Å². The summed E-state index contributed by atoms with van der Waals surface area (Å²) in [6.07, 6.45) is 6.53. The first-order valence-electron chi connectivity index (χ1n) is 7.74. The van der Waals surface area contributed by atoms with Crippen molar-refractivity contribution >= 4 is 21.6 Å². The van der Waals surface area contributed by atoms with Crippen LogP contribution in [0, 0.1) is 0 Å². The summed E-state index contributed by atoms with van der Waals surface area (Å²) < 4.78 is 25.4. The fourth-order valence-corrected chi connectivity index (χ4v) is 4.13. The molecule has 122 valence electrons. The average Bonchev–Trinajstić information content (AvgIpc) is 2.48. The van der Waals surface area contributed by atoms with Crippen molar-refractivity contribution in [1.82, 2.24) is 5.32 Å². The molecular weight excluding hydrogens is 300 g/mol. The summed E-state index contributed by atoms with van der Waals surface area (Å²) in [6.45, 7) is 1.63. The molecule has 1 amide bonds. The normalized spacial score (nSPS) is 17.7. The molecule has 5 nitrogen and oxygen atoms in total. The Morgan fingerprint density at radius 2 is 1.77 bits per heavy atom. The number of benzene rings is 1. The number of rotatable bonds is 5. The van der Waals surface area contributed by atoms with Gasteiger partial charge in [0.05, 0.1) is 11.9 Å². The van der Waals surface area contributed by atoms with Crippen LogP contribution in [0.5, 0.6) is 0 Å². The number of anilines is 1. The molecule has 0 heterocycles. The minimum Gasteiger partial charge on any atom is -0.352 e. The van der Waals surface area contributed by atoms with Gasteiger partial charge < -0.3 is 5.32 Å². The van der Waals surface area contributed by atoms with E-state index in [0.29, 0.717) is 5.69 Å². The van der Waals surface area contributed by atoms with Crippen molar-refractivity contribution in [3.8, 4) is 0 Å². The maximum atomic E-state index is 12.5. The first-order chi connectivity index (χ1) is 10.4. The summed E-state index contributed by atoms with van der Waals surface area (Å²) in [5.74, 6) is -0.235. The van der Waals surface area contributed by atoms with Gasteiger partial charge in [0, 0.05) is 6.04 Å². The van der Waals surface area contributed by atoms with Crippen molar-refractivity contribution < 1.29 is 13.2 Å². The molecule has 0 radical (unpaired) electrons. The molecule has 1 atom stereocenters. The molecule has 1 aromatic carbocycles. The van der Waals surface area contributed by atoms with Gasteiger partial charge in [-0.05, 0) is 31.9 Å². The Kier molecular flexibility index (Phi) is 5.45. The Labute approximate surface area is 132 Å². The third kappa shape index (κ3) is 4.22. The van der Waals surface area contributed by atoms with Crippen LogP contribution in [0.25, 0.3) is 0 Å². The summed E-state index contributed by atoms with van der Waals surface area (Å²) in [7, 11) is -3.53. The van der Waals surface area contributed by atoms with Crippen molar-refractivity contribution in [2.45, 2.75) is 51.1 Å². The lowest BCUT2D eigenvalue weighted by atomic mass is 9.95. The molecule has 0 spiro atoms. The highest BCUT2D eigenvalue weighted by atomic mass is 32.2. The molecule has 1 saturated carbocycles. The Bertz CT molecular complexity index is 595. The van der Waals surface area contributed by atoms with Gasteiger partial charge in [0.2, 0.25) is 15.9 Å². The summed E-state index contributed by atoms with van der Waals surface area (Å²) >= 11 is 0. The smallest absolute Gasteiger partial charge is 0.243 e. The summed E-state index contributed by atoms with van der Waals surface area (Å²) in [4.78, 5) is 12.5. The minimum atomic E-state index is -3.53. The van der Waals surface area contributed by atoms with E-state index >= 15 is 0 Å². The van der Waals surface area contributed by atoms with Gasteiger partial charge in [-0.1, -0.05) is 37.5 Å². The van der Waals surface area contributed by atoms with Crippen LogP contribution in [0.4, 0.5) is 5.69 Å². The Morgan fingerprint density at radius 3 is 2.32 bits per heavy atom. The van der Waals surface area contributed by atoms with Crippen LogP contribution >= 0.6 is 0 Å². The molecule has 0 aliphatic heterocycles. The Morgan fingerprint density at radius 1 is 1.18 bits per heavy atom. The van der Waals surface area contributed by atoms with Crippen molar-refractivity contribution in [2.24, 2.45) is 0 Å². The van der Waals surface area contributed by atoms with E-state index < -0.39 is 16.1 Å². The largest absolute Gasteiger partial charge is 0.352 e. The number of para-hydroxylation sites is 1. The lowest BCUT2D eigenvalue weighted by Crippen LogP contribution is -2.50. The SMILES string of the molecule is CC(C(=O)NC1CCCCC1)N(c1ccccc1)S(C)(=O)=O. The van der Waals surface area contributed by atoms with Crippen LogP contribution in [-0.2, 0) is 14.8 Å². The highest BCUT2D eigenvalue weighted by Gasteiger charge is 2.30. The molecule has 1 N–H and O–H groups in total. The van der Waals surface area contributed by atoms with E-state index in [1.807, 2.05) is 6.07 Å². The summed E-state index contributed by atoms with van der Waals surface area (Å²) in [6, 6.07) is 8.15. The van der Waals surface area contributed by atoms with E-state index in [1.165, 1.54) is 10.7 Å². The number of hydrogen-bond donors (Lipinski definition) is 1. The van der Waals surface area contributed by atoms with Crippen LogP contribution in [0.1, 0.15) is 39.0 Å². The topological polar surface area (TPSA) is 66.5 Å². The second-order valence-electron chi connectivity index (χ2n) is 5.91. The quantitative estimate of drug-likeness (QED) is 0.903. The van der Waals surface area contributed by atoms with Crippen LogP contribution in [0.15, 0.2) is 30.3 Å². The van der Waals surface area contributed by atoms with Gasteiger partial charge in [-0.25, -0.2) is 8.42 Å². The zero-order valence-electron chi connectivity index (χ0n) is 13.2. The molecule has 1 aromatic rings. The van der Waals surface area contributed by atoms with Gasteiger partial charge in [0.1, 0.15) is 6.04 Å². The maximum absolute atomic E-state index is 12.5. The average molecular weight is 324 g/mol. The van der Waals surface area contributed by atoms with Crippen molar-refractivity contribution in [3.05, 3.63) is 30.3 Å². The van der Waals surface area contributed by atoms with Crippen LogP contribution in [0.2, 0.25) is 0 Å². The Balaban J connectivity index is 2.15. The predicted molar refractivity (Wildman–Crippen MR) is 88.2 cm³/mol. The number of sulfonamides is 1. The minimum absolute atomic E-state index is 0.167. The zero-order chi connectivity index (χ0) is 16.2. The first-order valence-corrected chi connectivity index (χ1v) is 9.59. The molecule has 1 unspecified atom stereocenters. The fraction of sp³-hybridized carbons (Fsp3) is 0.562. The number of hydrogen-bond acceptors (Lipinski definition) is 3. The molecule has 6 heteroatoms. The summed E-state index contributed by atoms with van der Waals surface area (Å²) in [5.41, 5.74) is 0.510. The molecule has 0 aromatic heterocycles. The van der Waals surface area contributed by atoms with Crippen molar-refractivity contribution in [2.75, 3.05) is 10.6 Å². The zero-order valence-corrected chi connectivity index (χ0v) is 14.0. The van der Waals surface area contributed by atoms with Crippen molar-refractivity contribution in [1.29, 1.82) is 0 Å². The number of nitrogens with one attached hydrogen (secondary N) is 1. The molecular formula is C16H24N2O3S. The van der Waals surface area contributed by atoms with E-state index in [9.17, 15) is 13.2 Å². The fourth-order valence-electron chi connectivity index (χ4n) is 2.95.